The predicted octanol–water partition coefficient (Wildman–Crippen LogP) is 4.92. The number of rotatable bonds is 4. The molecule has 3 aromatic rings. The number of fused-ring (bicyclic) bond motifs is 1. The van der Waals surface area contributed by atoms with Crippen LogP contribution in [0.3, 0.4) is 0 Å². The Morgan fingerprint density at radius 3 is 2.47 bits per heavy atom. The smallest absolute Gasteiger partial charge is 0.369 e. The third kappa shape index (κ3) is 4.54. The Bertz CT molecular complexity index is 1320. The van der Waals surface area contributed by atoms with Gasteiger partial charge in [0.1, 0.15) is 11.6 Å². The van der Waals surface area contributed by atoms with Crippen LogP contribution >= 0.6 is 12.4 Å². The molecule has 1 spiro atoms. The van der Waals surface area contributed by atoms with E-state index < -0.39 is 17.8 Å². The van der Waals surface area contributed by atoms with E-state index in [-0.39, 0.29) is 29.3 Å². The Morgan fingerprint density at radius 2 is 1.83 bits per heavy atom. The number of alkyl halides is 3. The van der Waals surface area contributed by atoms with Gasteiger partial charge in [0.15, 0.2) is 5.65 Å². The summed E-state index contributed by atoms with van der Waals surface area (Å²) in [5.74, 6) is 1.16. The van der Waals surface area contributed by atoms with E-state index in [1.54, 1.807) is 26.1 Å². The summed E-state index contributed by atoms with van der Waals surface area (Å²) in [6.07, 6.45) is -2.62. The van der Waals surface area contributed by atoms with E-state index in [1.807, 2.05) is 17.9 Å². The van der Waals surface area contributed by atoms with Crippen molar-refractivity contribution in [3.8, 4) is 0 Å². The number of amides is 1. The molecule has 11 heteroatoms. The molecule has 1 atom stereocenters. The fourth-order valence-corrected chi connectivity index (χ4v) is 5.24. The first-order valence-corrected chi connectivity index (χ1v) is 11.5. The Kier molecular flexibility index (Phi) is 6.53. The summed E-state index contributed by atoms with van der Waals surface area (Å²) in [6, 6.07) is 5.79. The Balaban J connectivity index is 0.00000304. The number of hydrogen-bond donors (Lipinski definition) is 1. The third-order valence-electron chi connectivity index (χ3n) is 7.07. The molecule has 5 rings (SSSR count). The van der Waals surface area contributed by atoms with E-state index in [4.69, 9.17) is 0 Å². The minimum atomic E-state index is -4.41. The average molecular weight is 521 g/mol. The summed E-state index contributed by atoms with van der Waals surface area (Å²) < 4.78 is 40.2. The molecule has 0 saturated carbocycles. The first-order chi connectivity index (χ1) is 16.5. The molecule has 1 N–H and O–H groups in total. The lowest BCUT2D eigenvalue weighted by Crippen LogP contribution is -2.72. The molecule has 1 amide bonds. The molecule has 2 fully saturated rings. The molecule has 2 aliphatic rings. The Labute approximate surface area is 213 Å². The number of aromatic nitrogens is 3. The van der Waals surface area contributed by atoms with E-state index in [2.05, 4.69) is 25.2 Å². The molecule has 1 aromatic carbocycles. The highest BCUT2D eigenvalue weighted by molar-refractivity contribution is 5.89. The first-order valence-electron chi connectivity index (χ1n) is 11.5. The van der Waals surface area contributed by atoms with Crippen LogP contribution < -0.4 is 10.2 Å². The van der Waals surface area contributed by atoms with Crippen molar-refractivity contribution >= 4 is 40.9 Å². The number of likely N-dealkylation sites (tertiary alicyclic amines) is 1. The van der Waals surface area contributed by atoms with Crippen molar-refractivity contribution in [1.82, 2.24) is 19.9 Å². The number of pyridine rings is 1. The molecule has 4 heterocycles. The average Bonchev–Trinajstić information content (AvgIpc) is 2.70. The van der Waals surface area contributed by atoms with Crippen LogP contribution in [0.15, 0.2) is 30.5 Å². The van der Waals surface area contributed by atoms with E-state index >= 15 is 0 Å². The number of anilines is 2. The van der Waals surface area contributed by atoms with Gasteiger partial charge < -0.3 is 15.1 Å². The Hall–Kier alpha value is -3.14. The molecule has 36 heavy (non-hydrogen) atoms. The number of nitrogens with zero attached hydrogens (tertiary/aromatic N) is 5. The van der Waals surface area contributed by atoms with Gasteiger partial charge >= 0.3 is 6.18 Å². The standard InChI is InChI=1S/C25H27F3N6O.ClH/c1-14-19(6-5-7-21(14)25(26,27)28)15(2)30-23-20-8-18(9-29-22(20)31-16(3)32-23)34-12-24(13-34)10-33(11-24)17(4)35;/h5-9,15H,10-13H2,1-4H3,(H,29,30,31,32);1H/t15-;/m1./s1. The third-order valence-corrected chi connectivity index (χ3v) is 7.07. The molecule has 2 aliphatic heterocycles. The van der Waals surface area contributed by atoms with E-state index in [0.717, 1.165) is 37.9 Å². The number of carbonyl (C=O) groups is 1. The number of benzene rings is 1. The van der Waals surface area contributed by atoms with Crippen LogP contribution in [-0.2, 0) is 11.0 Å². The van der Waals surface area contributed by atoms with Crippen molar-refractivity contribution in [1.29, 1.82) is 0 Å². The number of nitrogens with one attached hydrogen (secondary N) is 1. The summed E-state index contributed by atoms with van der Waals surface area (Å²) >= 11 is 0. The van der Waals surface area contributed by atoms with Crippen molar-refractivity contribution in [2.45, 2.75) is 39.9 Å². The van der Waals surface area contributed by atoms with Gasteiger partial charge in [-0.1, -0.05) is 12.1 Å². The lowest BCUT2D eigenvalue weighted by atomic mass is 9.72. The van der Waals surface area contributed by atoms with Crippen LogP contribution in [-0.4, -0.2) is 51.9 Å². The maximum Gasteiger partial charge on any atom is 0.416 e. The van der Waals surface area contributed by atoms with Gasteiger partial charge in [-0.2, -0.15) is 13.2 Å². The highest BCUT2D eigenvalue weighted by atomic mass is 35.5. The molecule has 2 aromatic heterocycles. The molecule has 2 saturated heterocycles. The number of halogens is 4. The van der Waals surface area contributed by atoms with Crippen LogP contribution in [0, 0.1) is 19.3 Å². The van der Waals surface area contributed by atoms with Gasteiger partial charge in [0.05, 0.1) is 28.9 Å². The summed E-state index contributed by atoms with van der Waals surface area (Å²) in [7, 11) is 0. The van der Waals surface area contributed by atoms with Crippen molar-refractivity contribution in [2.75, 3.05) is 36.4 Å². The zero-order valence-electron chi connectivity index (χ0n) is 20.5. The molecular weight excluding hydrogens is 493 g/mol. The largest absolute Gasteiger partial charge is 0.416 e. The van der Waals surface area contributed by atoms with Crippen molar-refractivity contribution in [3.05, 3.63) is 53.0 Å². The molecule has 0 unspecified atom stereocenters. The van der Waals surface area contributed by atoms with Crippen molar-refractivity contribution in [2.24, 2.45) is 5.41 Å². The normalized spacial score (nSPS) is 17.3. The van der Waals surface area contributed by atoms with E-state index in [9.17, 15) is 18.0 Å². The maximum absolute atomic E-state index is 13.4. The minimum absolute atomic E-state index is 0. The second-order valence-electron chi connectivity index (χ2n) is 9.80. The maximum atomic E-state index is 13.4. The van der Waals surface area contributed by atoms with Gasteiger partial charge in [0, 0.05) is 38.5 Å². The second-order valence-corrected chi connectivity index (χ2v) is 9.80. The predicted molar refractivity (Wildman–Crippen MR) is 134 cm³/mol. The van der Waals surface area contributed by atoms with Crippen LogP contribution in [0.4, 0.5) is 24.7 Å². The van der Waals surface area contributed by atoms with Gasteiger partial charge in [-0.05, 0) is 44.0 Å². The molecule has 192 valence electrons. The van der Waals surface area contributed by atoms with Crippen LogP contribution in [0.25, 0.3) is 11.0 Å². The van der Waals surface area contributed by atoms with Crippen molar-refractivity contribution < 1.29 is 18.0 Å². The summed E-state index contributed by atoms with van der Waals surface area (Å²) in [4.78, 5) is 29.1. The van der Waals surface area contributed by atoms with Crippen LogP contribution in [0.2, 0.25) is 0 Å². The van der Waals surface area contributed by atoms with Crippen molar-refractivity contribution in [3.63, 3.8) is 0 Å². The summed E-state index contributed by atoms with van der Waals surface area (Å²) in [5, 5.41) is 4.01. The topological polar surface area (TPSA) is 74.2 Å². The second kappa shape index (κ2) is 9.06. The monoisotopic (exact) mass is 520 g/mol. The summed E-state index contributed by atoms with van der Waals surface area (Å²) in [5.41, 5.74) is 1.72. The van der Waals surface area contributed by atoms with Gasteiger partial charge in [-0.3, -0.25) is 4.79 Å². The zero-order valence-corrected chi connectivity index (χ0v) is 21.3. The first kappa shape index (κ1) is 25.9. The summed E-state index contributed by atoms with van der Waals surface area (Å²) in [6.45, 7) is 9.92. The highest BCUT2D eigenvalue weighted by Gasteiger charge is 2.52. The van der Waals surface area contributed by atoms with Gasteiger partial charge in [-0.25, -0.2) is 15.0 Å². The SMILES string of the molecule is CC(=O)N1CC2(C1)CN(c1cnc3nc(C)nc(N[C@H](C)c4cccc(C(F)(F)F)c4C)c3c1)C2.Cl. The van der Waals surface area contributed by atoms with Gasteiger partial charge in [0.25, 0.3) is 0 Å². The minimum Gasteiger partial charge on any atom is -0.369 e. The number of aryl methyl sites for hydroxylation is 1. The highest BCUT2D eigenvalue weighted by Crippen LogP contribution is 2.42. The quantitative estimate of drug-likeness (QED) is 0.526. The Morgan fingerprint density at radius 1 is 1.14 bits per heavy atom. The lowest BCUT2D eigenvalue weighted by molar-refractivity contribution is -0.142. The van der Waals surface area contributed by atoms with E-state index in [1.165, 1.54) is 13.0 Å². The van der Waals surface area contributed by atoms with Gasteiger partial charge in [0.2, 0.25) is 5.91 Å². The fourth-order valence-electron chi connectivity index (χ4n) is 5.24. The number of carbonyl (C=O) groups excluding carboxylic acids is 1. The zero-order chi connectivity index (χ0) is 25.1. The van der Waals surface area contributed by atoms with Crippen LogP contribution in [0.1, 0.15) is 42.4 Å². The molecular formula is C25H28ClF3N6O. The fraction of sp³-hybridized carbons (Fsp3) is 0.440. The molecule has 0 bridgehead atoms. The number of hydrogen-bond acceptors (Lipinski definition) is 6. The molecule has 0 aliphatic carbocycles. The van der Waals surface area contributed by atoms with E-state index in [0.29, 0.717) is 28.2 Å². The molecule has 7 nitrogen and oxygen atoms in total. The van der Waals surface area contributed by atoms with Gasteiger partial charge in [-0.15, -0.1) is 12.4 Å². The molecule has 0 radical (unpaired) electrons. The van der Waals surface area contributed by atoms with Crippen LogP contribution in [0.5, 0.6) is 0 Å². The lowest BCUT2D eigenvalue weighted by Gasteiger charge is -2.60.